The first-order valence-corrected chi connectivity index (χ1v) is 5.12. The van der Waals surface area contributed by atoms with Gasteiger partial charge in [0.25, 0.3) is 0 Å². The predicted molar refractivity (Wildman–Crippen MR) is 56.5 cm³/mol. The summed E-state index contributed by atoms with van der Waals surface area (Å²) < 4.78 is 4.92. The monoisotopic (exact) mass is 214 g/mol. The first kappa shape index (κ1) is 12.0. The molecule has 0 amide bonds. The number of rotatable bonds is 6. The maximum atomic E-state index is 10.7. The molecule has 0 aliphatic rings. The second-order valence-corrected chi connectivity index (χ2v) is 4.03. The van der Waals surface area contributed by atoms with E-state index in [0.717, 1.165) is 0 Å². The van der Waals surface area contributed by atoms with E-state index in [0.29, 0.717) is 24.8 Å². The summed E-state index contributed by atoms with van der Waals surface area (Å²) >= 11 is 0. The van der Waals surface area contributed by atoms with Gasteiger partial charge in [-0.25, -0.2) is 10.3 Å². The van der Waals surface area contributed by atoms with Crippen molar-refractivity contribution < 1.29 is 9.25 Å². The summed E-state index contributed by atoms with van der Waals surface area (Å²) in [5, 5.41) is 0. The van der Waals surface area contributed by atoms with Gasteiger partial charge >= 0.3 is 5.76 Å². The van der Waals surface area contributed by atoms with E-state index in [1.807, 2.05) is 6.92 Å². The Balaban J connectivity index is 2.24. The third-order valence-corrected chi connectivity index (χ3v) is 1.94. The van der Waals surface area contributed by atoms with Gasteiger partial charge in [-0.15, -0.1) is 0 Å². The van der Waals surface area contributed by atoms with E-state index in [9.17, 15) is 4.79 Å². The Morgan fingerprint density at radius 3 is 2.80 bits per heavy atom. The average Bonchev–Trinajstić information content (AvgIpc) is 2.59. The van der Waals surface area contributed by atoms with E-state index < -0.39 is 5.76 Å². The van der Waals surface area contributed by atoms with Crippen LogP contribution in [0.1, 0.15) is 32.4 Å². The molecule has 1 atom stereocenters. The number of aromatic nitrogens is 1. The maximum Gasteiger partial charge on any atom is 0.416 e. The Bertz CT molecular complexity index is 329. The molecule has 1 rings (SSSR count). The van der Waals surface area contributed by atoms with Crippen molar-refractivity contribution in [3.05, 3.63) is 22.5 Å². The lowest BCUT2D eigenvalue weighted by atomic mass is 10.1. The third kappa shape index (κ3) is 4.31. The SMILES string of the molecule is CC(C)CONCC(C)c1c[nH]c(=O)o1. The molecular formula is C10H18N2O3. The van der Waals surface area contributed by atoms with Gasteiger partial charge in [0.2, 0.25) is 0 Å². The van der Waals surface area contributed by atoms with E-state index in [-0.39, 0.29) is 5.92 Å². The lowest BCUT2D eigenvalue weighted by molar-refractivity contribution is 0.0206. The zero-order valence-electron chi connectivity index (χ0n) is 9.37. The molecule has 5 heteroatoms. The fourth-order valence-electron chi connectivity index (χ4n) is 1.05. The fourth-order valence-corrected chi connectivity index (χ4v) is 1.05. The van der Waals surface area contributed by atoms with Crippen molar-refractivity contribution in [1.29, 1.82) is 0 Å². The normalized spacial score (nSPS) is 13.3. The molecule has 5 nitrogen and oxygen atoms in total. The highest BCUT2D eigenvalue weighted by Gasteiger charge is 2.09. The fraction of sp³-hybridized carbons (Fsp3) is 0.700. The van der Waals surface area contributed by atoms with Crippen molar-refractivity contribution >= 4 is 0 Å². The lowest BCUT2D eigenvalue weighted by Crippen LogP contribution is -2.22. The third-order valence-electron chi connectivity index (χ3n) is 1.94. The van der Waals surface area contributed by atoms with Crippen LogP contribution in [0, 0.1) is 5.92 Å². The number of oxazole rings is 1. The zero-order chi connectivity index (χ0) is 11.3. The van der Waals surface area contributed by atoms with Crippen molar-refractivity contribution in [3.63, 3.8) is 0 Å². The van der Waals surface area contributed by atoms with Crippen LogP contribution < -0.4 is 11.2 Å². The van der Waals surface area contributed by atoms with Gasteiger partial charge in [0.15, 0.2) is 0 Å². The summed E-state index contributed by atoms with van der Waals surface area (Å²) in [6, 6.07) is 0. The minimum Gasteiger partial charge on any atom is -0.413 e. The minimum absolute atomic E-state index is 0.108. The van der Waals surface area contributed by atoms with Crippen LogP contribution in [0.4, 0.5) is 0 Å². The van der Waals surface area contributed by atoms with E-state index in [1.54, 1.807) is 6.20 Å². The van der Waals surface area contributed by atoms with Crippen LogP contribution in [-0.4, -0.2) is 18.1 Å². The smallest absolute Gasteiger partial charge is 0.413 e. The van der Waals surface area contributed by atoms with Crippen LogP contribution in [0.25, 0.3) is 0 Å². The molecule has 0 spiro atoms. The average molecular weight is 214 g/mol. The lowest BCUT2D eigenvalue weighted by Gasteiger charge is -2.10. The molecule has 0 aromatic carbocycles. The molecular weight excluding hydrogens is 196 g/mol. The highest BCUT2D eigenvalue weighted by molar-refractivity contribution is 4.97. The molecule has 0 bridgehead atoms. The number of hydrogen-bond donors (Lipinski definition) is 2. The number of hydrogen-bond acceptors (Lipinski definition) is 4. The second kappa shape index (κ2) is 5.72. The zero-order valence-corrected chi connectivity index (χ0v) is 9.37. The second-order valence-electron chi connectivity index (χ2n) is 4.03. The molecule has 15 heavy (non-hydrogen) atoms. The molecule has 2 N–H and O–H groups in total. The summed E-state index contributed by atoms with van der Waals surface area (Å²) in [5.74, 6) is 0.828. The Kier molecular flexibility index (Phi) is 4.58. The van der Waals surface area contributed by atoms with E-state index in [1.165, 1.54) is 0 Å². The standard InChI is InChI=1S/C10H18N2O3/c1-7(2)6-14-12-4-8(3)9-5-11-10(13)15-9/h5,7-8,12H,4,6H2,1-3H3,(H,11,13). The first-order valence-electron chi connectivity index (χ1n) is 5.12. The Hall–Kier alpha value is -1.07. The molecule has 0 radical (unpaired) electrons. The number of H-pyrrole nitrogens is 1. The van der Waals surface area contributed by atoms with Gasteiger partial charge in [0.1, 0.15) is 5.76 Å². The Labute approximate surface area is 88.8 Å². The predicted octanol–water partition coefficient (Wildman–Crippen LogP) is 1.25. The Morgan fingerprint density at radius 1 is 1.53 bits per heavy atom. The molecule has 0 aliphatic carbocycles. The molecule has 0 saturated heterocycles. The van der Waals surface area contributed by atoms with Gasteiger partial charge in [-0.05, 0) is 5.92 Å². The number of hydroxylamine groups is 1. The quantitative estimate of drug-likeness (QED) is 0.552. The maximum absolute atomic E-state index is 10.7. The Morgan fingerprint density at radius 2 is 2.27 bits per heavy atom. The van der Waals surface area contributed by atoms with Gasteiger partial charge in [0.05, 0.1) is 6.61 Å². The topological polar surface area (TPSA) is 67.3 Å². The molecule has 86 valence electrons. The summed E-state index contributed by atoms with van der Waals surface area (Å²) in [7, 11) is 0. The largest absolute Gasteiger partial charge is 0.416 e. The van der Waals surface area contributed by atoms with Crippen LogP contribution in [0.2, 0.25) is 0 Å². The minimum atomic E-state index is -0.417. The molecule has 0 saturated carbocycles. The summed E-state index contributed by atoms with van der Waals surface area (Å²) in [6.07, 6.45) is 1.58. The summed E-state index contributed by atoms with van der Waals surface area (Å²) in [5.41, 5.74) is 2.85. The van der Waals surface area contributed by atoms with E-state index in [4.69, 9.17) is 9.25 Å². The van der Waals surface area contributed by atoms with Crippen LogP contribution in [0.15, 0.2) is 15.4 Å². The molecule has 0 fully saturated rings. The van der Waals surface area contributed by atoms with Crippen molar-refractivity contribution in [1.82, 2.24) is 10.5 Å². The van der Waals surface area contributed by atoms with Gasteiger partial charge in [-0.2, -0.15) is 0 Å². The molecule has 1 heterocycles. The van der Waals surface area contributed by atoms with Gasteiger partial charge in [-0.1, -0.05) is 20.8 Å². The van der Waals surface area contributed by atoms with Crippen molar-refractivity contribution in [2.24, 2.45) is 5.92 Å². The van der Waals surface area contributed by atoms with Crippen molar-refractivity contribution in [2.45, 2.75) is 26.7 Å². The molecule has 1 unspecified atom stereocenters. The van der Waals surface area contributed by atoms with Crippen LogP contribution >= 0.6 is 0 Å². The van der Waals surface area contributed by atoms with Crippen molar-refractivity contribution in [2.75, 3.05) is 13.2 Å². The van der Waals surface area contributed by atoms with Crippen LogP contribution in [-0.2, 0) is 4.84 Å². The number of nitrogens with one attached hydrogen (secondary N) is 2. The summed E-state index contributed by atoms with van der Waals surface area (Å²) in [4.78, 5) is 18.4. The van der Waals surface area contributed by atoms with Gasteiger partial charge in [-0.3, -0.25) is 4.98 Å². The van der Waals surface area contributed by atoms with Gasteiger partial charge < -0.3 is 9.25 Å². The van der Waals surface area contributed by atoms with Crippen LogP contribution in [0.5, 0.6) is 0 Å². The number of aromatic amines is 1. The molecule has 1 aromatic rings. The van der Waals surface area contributed by atoms with Gasteiger partial charge in [0, 0.05) is 18.7 Å². The molecule has 1 aromatic heterocycles. The highest BCUT2D eigenvalue weighted by atomic mass is 16.6. The highest BCUT2D eigenvalue weighted by Crippen LogP contribution is 2.10. The summed E-state index contributed by atoms with van der Waals surface area (Å²) in [6.45, 7) is 7.40. The van der Waals surface area contributed by atoms with Crippen molar-refractivity contribution in [3.8, 4) is 0 Å². The van der Waals surface area contributed by atoms with E-state index in [2.05, 4.69) is 24.3 Å². The van der Waals surface area contributed by atoms with Crippen LogP contribution in [0.3, 0.4) is 0 Å². The first-order chi connectivity index (χ1) is 7.09. The molecule has 0 aliphatic heterocycles. The van der Waals surface area contributed by atoms with E-state index >= 15 is 0 Å².